The fraction of sp³-hybridized carbons (Fsp3) is 0.909. The molecular formula is C11H21N3O. The zero-order valence-corrected chi connectivity index (χ0v) is 9.54. The molecule has 0 saturated carbocycles. The summed E-state index contributed by atoms with van der Waals surface area (Å²) in [4.78, 5) is 15.8. The van der Waals surface area contributed by atoms with E-state index in [1.165, 1.54) is 12.8 Å². The molecule has 0 radical (unpaired) electrons. The van der Waals surface area contributed by atoms with Crippen molar-refractivity contribution in [2.75, 3.05) is 39.8 Å². The maximum atomic E-state index is 11.5. The van der Waals surface area contributed by atoms with Crippen LogP contribution in [0.3, 0.4) is 0 Å². The highest BCUT2D eigenvalue weighted by Gasteiger charge is 2.21. The van der Waals surface area contributed by atoms with Gasteiger partial charge in [0.2, 0.25) is 5.91 Å². The predicted octanol–water partition coefficient (Wildman–Crippen LogP) is -0.0975. The van der Waals surface area contributed by atoms with E-state index in [0.29, 0.717) is 12.5 Å². The molecule has 2 heterocycles. The molecule has 2 fully saturated rings. The molecule has 0 aromatic rings. The Balaban J connectivity index is 1.80. The first kappa shape index (κ1) is 10.9. The van der Waals surface area contributed by atoms with Gasteiger partial charge >= 0.3 is 0 Å². The molecule has 15 heavy (non-hydrogen) atoms. The van der Waals surface area contributed by atoms with Crippen molar-refractivity contribution in [2.45, 2.75) is 25.3 Å². The van der Waals surface area contributed by atoms with Gasteiger partial charge in [-0.25, -0.2) is 0 Å². The summed E-state index contributed by atoms with van der Waals surface area (Å²) in [5, 5.41) is 3.51. The third-order valence-corrected chi connectivity index (χ3v) is 3.46. The van der Waals surface area contributed by atoms with Crippen LogP contribution in [0.5, 0.6) is 0 Å². The maximum absolute atomic E-state index is 11.5. The molecule has 1 N–H and O–H groups in total. The summed E-state index contributed by atoms with van der Waals surface area (Å²) >= 11 is 0. The van der Waals surface area contributed by atoms with Crippen LogP contribution in [0.2, 0.25) is 0 Å². The highest BCUT2D eigenvalue weighted by atomic mass is 16.2. The standard InChI is InChI=1S/C11H21N3O/c1-13-7-8-14(6-4-11(13)15)9-10-3-2-5-12-10/h10,12H,2-9H2,1H3. The van der Waals surface area contributed by atoms with E-state index in [2.05, 4.69) is 10.2 Å². The van der Waals surface area contributed by atoms with E-state index in [4.69, 9.17) is 0 Å². The normalized spacial score (nSPS) is 29.5. The molecular weight excluding hydrogens is 190 g/mol. The van der Waals surface area contributed by atoms with E-state index in [9.17, 15) is 4.79 Å². The number of rotatable bonds is 2. The molecule has 0 aromatic heterocycles. The van der Waals surface area contributed by atoms with Crippen molar-refractivity contribution in [1.82, 2.24) is 15.1 Å². The first-order valence-electron chi connectivity index (χ1n) is 5.95. The Morgan fingerprint density at radius 3 is 3.00 bits per heavy atom. The lowest BCUT2D eigenvalue weighted by atomic mass is 10.2. The Bertz CT molecular complexity index is 226. The Morgan fingerprint density at radius 1 is 1.40 bits per heavy atom. The number of carbonyl (C=O) groups is 1. The van der Waals surface area contributed by atoms with Gasteiger partial charge in [-0.3, -0.25) is 9.69 Å². The van der Waals surface area contributed by atoms with Crippen LogP contribution < -0.4 is 5.32 Å². The third kappa shape index (κ3) is 2.92. The Kier molecular flexibility index (Phi) is 3.59. The second-order valence-corrected chi connectivity index (χ2v) is 4.66. The lowest BCUT2D eigenvalue weighted by Gasteiger charge is -2.23. The molecule has 2 aliphatic rings. The zero-order valence-electron chi connectivity index (χ0n) is 9.54. The van der Waals surface area contributed by atoms with Crippen LogP contribution in [0.1, 0.15) is 19.3 Å². The van der Waals surface area contributed by atoms with E-state index in [1.807, 2.05) is 11.9 Å². The van der Waals surface area contributed by atoms with Crippen LogP contribution in [-0.2, 0) is 4.79 Å². The largest absolute Gasteiger partial charge is 0.344 e. The fourth-order valence-electron chi connectivity index (χ4n) is 2.38. The summed E-state index contributed by atoms with van der Waals surface area (Å²) in [7, 11) is 1.90. The van der Waals surface area contributed by atoms with Gasteiger partial charge in [0.05, 0.1) is 0 Å². The van der Waals surface area contributed by atoms with Crippen LogP contribution in [-0.4, -0.2) is 61.5 Å². The molecule has 2 rings (SSSR count). The van der Waals surface area contributed by atoms with Gasteiger partial charge in [-0.1, -0.05) is 0 Å². The van der Waals surface area contributed by atoms with Crippen LogP contribution in [0, 0.1) is 0 Å². The Hall–Kier alpha value is -0.610. The molecule has 1 unspecified atom stereocenters. The fourth-order valence-corrected chi connectivity index (χ4v) is 2.38. The number of hydrogen-bond donors (Lipinski definition) is 1. The summed E-state index contributed by atoms with van der Waals surface area (Å²) in [6.45, 7) is 5.12. The molecule has 0 aliphatic carbocycles. The monoisotopic (exact) mass is 211 g/mol. The predicted molar refractivity (Wildman–Crippen MR) is 59.7 cm³/mol. The Labute approximate surface area is 91.6 Å². The van der Waals surface area contributed by atoms with Gasteiger partial charge in [0, 0.05) is 45.7 Å². The second kappa shape index (κ2) is 4.94. The van der Waals surface area contributed by atoms with Gasteiger partial charge in [-0.2, -0.15) is 0 Å². The average molecular weight is 211 g/mol. The van der Waals surface area contributed by atoms with Gasteiger partial charge in [0.15, 0.2) is 0 Å². The molecule has 2 saturated heterocycles. The lowest BCUT2D eigenvalue weighted by Crippen LogP contribution is -2.39. The topological polar surface area (TPSA) is 35.6 Å². The van der Waals surface area contributed by atoms with Crippen molar-refractivity contribution in [3.63, 3.8) is 0 Å². The van der Waals surface area contributed by atoms with Crippen molar-refractivity contribution >= 4 is 5.91 Å². The molecule has 4 nitrogen and oxygen atoms in total. The van der Waals surface area contributed by atoms with Crippen LogP contribution in [0.25, 0.3) is 0 Å². The van der Waals surface area contributed by atoms with E-state index in [0.717, 1.165) is 32.7 Å². The molecule has 1 atom stereocenters. The average Bonchev–Trinajstić information content (AvgIpc) is 2.68. The van der Waals surface area contributed by atoms with Gasteiger partial charge in [-0.05, 0) is 19.4 Å². The SMILES string of the molecule is CN1CCN(CC2CCCN2)CCC1=O. The van der Waals surface area contributed by atoms with E-state index < -0.39 is 0 Å². The highest BCUT2D eigenvalue weighted by Crippen LogP contribution is 2.09. The molecule has 4 heteroatoms. The number of likely N-dealkylation sites (N-methyl/N-ethyl adjacent to an activating group) is 1. The van der Waals surface area contributed by atoms with E-state index in [-0.39, 0.29) is 5.91 Å². The summed E-state index contributed by atoms with van der Waals surface area (Å²) < 4.78 is 0. The van der Waals surface area contributed by atoms with Gasteiger partial charge < -0.3 is 10.2 Å². The summed E-state index contributed by atoms with van der Waals surface area (Å²) in [6.07, 6.45) is 3.28. The minimum atomic E-state index is 0.289. The van der Waals surface area contributed by atoms with Crippen LogP contribution in [0.4, 0.5) is 0 Å². The minimum Gasteiger partial charge on any atom is -0.344 e. The van der Waals surface area contributed by atoms with Crippen molar-refractivity contribution in [1.29, 1.82) is 0 Å². The minimum absolute atomic E-state index is 0.289. The third-order valence-electron chi connectivity index (χ3n) is 3.46. The Morgan fingerprint density at radius 2 is 2.27 bits per heavy atom. The second-order valence-electron chi connectivity index (χ2n) is 4.66. The lowest BCUT2D eigenvalue weighted by molar-refractivity contribution is -0.129. The summed E-state index contributed by atoms with van der Waals surface area (Å²) in [5.74, 6) is 0.289. The maximum Gasteiger partial charge on any atom is 0.223 e. The molecule has 2 aliphatic heterocycles. The molecule has 0 aromatic carbocycles. The highest BCUT2D eigenvalue weighted by molar-refractivity contribution is 5.76. The molecule has 1 amide bonds. The zero-order chi connectivity index (χ0) is 10.7. The molecule has 86 valence electrons. The van der Waals surface area contributed by atoms with Gasteiger partial charge in [-0.15, -0.1) is 0 Å². The summed E-state index contributed by atoms with van der Waals surface area (Å²) in [6, 6.07) is 0.656. The van der Waals surface area contributed by atoms with Crippen molar-refractivity contribution in [2.24, 2.45) is 0 Å². The van der Waals surface area contributed by atoms with Crippen molar-refractivity contribution < 1.29 is 4.79 Å². The smallest absolute Gasteiger partial charge is 0.223 e. The first-order valence-corrected chi connectivity index (χ1v) is 5.95. The molecule has 0 spiro atoms. The summed E-state index contributed by atoms with van der Waals surface area (Å²) in [5.41, 5.74) is 0. The van der Waals surface area contributed by atoms with Gasteiger partial charge in [0.1, 0.15) is 0 Å². The van der Waals surface area contributed by atoms with Crippen LogP contribution >= 0.6 is 0 Å². The number of hydrogen-bond acceptors (Lipinski definition) is 3. The van der Waals surface area contributed by atoms with Gasteiger partial charge in [0.25, 0.3) is 0 Å². The quantitative estimate of drug-likeness (QED) is 0.693. The first-order chi connectivity index (χ1) is 7.25. The van der Waals surface area contributed by atoms with Crippen molar-refractivity contribution in [3.05, 3.63) is 0 Å². The van der Waals surface area contributed by atoms with E-state index in [1.54, 1.807) is 0 Å². The number of amides is 1. The van der Waals surface area contributed by atoms with Crippen molar-refractivity contribution in [3.8, 4) is 0 Å². The van der Waals surface area contributed by atoms with E-state index >= 15 is 0 Å². The van der Waals surface area contributed by atoms with Crippen LogP contribution in [0.15, 0.2) is 0 Å². The number of nitrogens with one attached hydrogen (secondary N) is 1. The number of carbonyl (C=O) groups excluding carboxylic acids is 1. The molecule has 0 bridgehead atoms. The number of nitrogens with zero attached hydrogens (tertiary/aromatic N) is 2.